The number of carbonyl (C=O) groups is 1. The zero-order valence-electron chi connectivity index (χ0n) is 7.92. The number of nitrogens with zero attached hydrogens (tertiary/aromatic N) is 1. The second-order valence-corrected chi connectivity index (χ2v) is 3.35. The minimum atomic E-state index is 0.191. The number of hydrogen-bond acceptors (Lipinski definition) is 1. The van der Waals surface area contributed by atoms with Gasteiger partial charge < -0.3 is 4.90 Å². The van der Waals surface area contributed by atoms with E-state index in [2.05, 4.69) is 19.1 Å². The van der Waals surface area contributed by atoms with Crippen molar-refractivity contribution in [3.05, 3.63) is 12.2 Å². The molecule has 0 radical (unpaired) electrons. The van der Waals surface area contributed by atoms with Crippen LogP contribution in [0.2, 0.25) is 0 Å². The molecule has 0 aliphatic carbocycles. The summed E-state index contributed by atoms with van der Waals surface area (Å²) in [5.41, 5.74) is 0. The van der Waals surface area contributed by atoms with Crippen LogP contribution in [0, 0.1) is 5.92 Å². The molecule has 2 nitrogen and oxygen atoms in total. The van der Waals surface area contributed by atoms with Crippen LogP contribution in [-0.4, -0.2) is 23.9 Å². The quantitative estimate of drug-likeness (QED) is 0.574. The van der Waals surface area contributed by atoms with Crippen LogP contribution in [0.5, 0.6) is 0 Å². The molecule has 12 heavy (non-hydrogen) atoms. The van der Waals surface area contributed by atoms with Gasteiger partial charge in [0.2, 0.25) is 5.91 Å². The summed E-state index contributed by atoms with van der Waals surface area (Å²) >= 11 is 0. The number of carbonyl (C=O) groups excluding carboxylic acids is 1. The lowest BCUT2D eigenvalue weighted by atomic mass is 10.1. The van der Waals surface area contributed by atoms with Gasteiger partial charge in [0.15, 0.2) is 0 Å². The van der Waals surface area contributed by atoms with E-state index < -0.39 is 0 Å². The van der Waals surface area contributed by atoms with Gasteiger partial charge in [-0.2, -0.15) is 0 Å². The predicted octanol–water partition coefficient (Wildman–Crippen LogP) is 1.82. The fourth-order valence-corrected chi connectivity index (χ4v) is 1.33. The molecule has 1 rings (SSSR count). The molecule has 1 atom stereocenters. The van der Waals surface area contributed by atoms with Crippen molar-refractivity contribution in [3.8, 4) is 0 Å². The average molecular weight is 167 g/mol. The maximum atomic E-state index is 11.6. The highest BCUT2D eigenvalue weighted by Gasteiger charge is 2.18. The lowest BCUT2D eigenvalue weighted by molar-refractivity contribution is -0.134. The van der Waals surface area contributed by atoms with Gasteiger partial charge in [0.25, 0.3) is 0 Å². The number of rotatable bonds is 2. The largest absolute Gasteiger partial charge is 0.338 e. The van der Waals surface area contributed by atoms with E-state index in [9.17, 15) is 4.79 Å². The second-order valence-electron chi connectivity index (χ2n) is 3.35. The van der Waals surface area contributed by atoms with Gasteiger partial charge in [0, 0.05) is 19.0 Å². The van der Waals surface area contributed by atoms with Gasteiger partial charge in [-0.15, -0.1) is 0 Å². The third kappa shape index (κ3) is 2.10. The minimum Gasteiger partial charge on any atom is -0.338 e. The molecule has 1 heterocycles. The Hall–Kier alpha value is -0.790. The summed E-state index contributed by atoms with van der Waals surface area (Å²) in [6, 6.07) is 0. The Bertz CT molecular complexity index is 186. The number of amides is 1. The Kier molecular flexibility index (Phi) is 3.32. The molecule has 0 spiro atoms. The number of hydrogen-bond donors (Lipinski definition) is 0. The Morgan fingerprint density at radius 3 is 2.83 bits per heavy atom. The van der Waals surface area contributed by atoms with Gasteiger partial charge in [0.05, 0.1) is 0 Å². The van der Waals surface area contributed by atoms with Gasteiger partial charge in [0.1, 0.15) is 0 Å². The summed E-state index contributed by atoms with van der Waals surface area (Å²) in [6.45, 7) is 5.77. The molecular weight excluding hydrogens is 150 g/mol. The molecule has 0 saturated carbocycles. The van der Waals surface area contributed by atoms with Crippen molar-refractivity contribution in [2.75, 3.05) is 13.1 Å². The van der Waals surface area contributed by atoms with Gasteiger partial charge in [-0.25, -0.2) is 0 Å². The fourth-order valence-electron chi connectivity index (χ4n) is 1.33. The molecule has 1 amide bonds. The van der Waals surface area contributed by atoms with Crippen LogP contribution >= 0.6 is 0 Å². The van der Waals surface area contributed by atoms with Crippen LogP contribution in [0.15, 0.2) is 12.2 Å². The van der Waals surface area contributed by atoms with Crippen molar-refractivity contribution in [3.63, 3.8) is 0 Å². The first-order valence-electron chi connectivity index (χ1n) is 4.69. The Labute approximate surface area is 74.2 Å². The van der Waals surface area contributed by atoms with E-state index in [1.807, 2.05) is 11.8 Å². The fraction of sp³-hybridized carbons (Fsp3) is 0.700. The molecule has 0 aromatic heterocycles. The molecule has 0 bridgehead atoms. The first kappa shape index (κ1) is 9.30. The van der Waals surface area contributed by atoms with Crippen molar-refractivity contribution in [1.29, 1.82) is 0 Å². The summed E-state index contributed by atoms with van der Waals surface area (Å²) in [7, 11) is 0. The Morgan fingerprint density at radius 1 is 1.58 bits per heavy atom. The monoisotopic (exact) mass is 167 g/mol. The molecule has 0 N–H and O–H groups in total. The van der Waals surface area contributed by atoms with Gasteiger partial charge in [-0.3, -0.25) is 4.79 Å². The summed E-state index contributed by atoms with van der Waals surface area (Å²) in [6.07, 6.45) is 6.17. The van der Waals surface area contributed by atoms with Crippen molar-refractivity contribution in [2.24, 2.45) is 5.92 Å². The smallest absolute Gasteiger partial charge is 0.225 e. The normalized spacial score (nSPS) is 19.3. The van der Waals surface area contributed by atoms with Crippen LogP contribution in [0.3, 0.4) is 0 Å². The highest BCUT2D eigenvalue weighted by atomic mass is 16.2. The maximum Gasteiger partial charge on any atom is 0.225 e. The standard InChI is InChI=1S/C10H17NO/c1-3-9(2)10(12)11-7-5-4-6-8-11/h4-5,9H,3,6-8H2,1-2H3/t9-/m0/s1. The lowest BCUT2D eigenvalue weighted by Crippen LogP contribution is -2.37. The van der Waals surface area contributed by atoms with E-state index in [1.54, 1.807) is 0 Å². The van der Waals surface area contributed by atoms with Crippen molar-refractivity contribution >= 4 is 5.91 Å². The molecule has 0 aromatic rings. The van der Waals surface area contributed by atoms with E-state index >= 15 is 0 Å². The van der Waals surface area contributed by atoms with Crippen LogP contribution in [0.4, 0.5) is 0 Å². The zero-order valence-corrected chi connectivity index (χ0v) is 7.92. The molecule has 2 heteroatoms. The summed E-state index contributed by atoms with van der Waals surface area (Å²) in [4.78, 5) is 13.6. The van der Waals surface area contributed by atoms with Crippen molar-refractivity contribution in [2.45, 2.75) is 26.7 Å². The van der Waals surface area contributed by atoms with Crippen molar-refractivity contribution < 1.29 is 4.79 Å². The van der Waals surface area contributed by atoms with E-state index in [-0.39, 0.29) is 5.92 Å². The molecule has 0 unspecified atom stereocenters. The lowest BCUT2D eigenvalue weighted by Gasteiger charge is -2.25. The van der Waals surface area contributed by atoms with Gasteiger partial charge in [-0.1, -0.05) is 26.0 Å². The molecule has 1 aliphatic rings. The predicted molar refractivity (Wildman–Crippen MR) is 49.8 cm³/mol. The zero-order chi connectivity index (χ0) is 8.97. The third-order valence-corrected chi connectivity index (χ3v) is 2.40. The molecular formula is C10H17NO. The summed E-state index contributed by atoms with van der Waals surface area (Å²) < 4.78 is 0. The van der Waals surface area contributed by atoms with Gasteiger partial charge in [-0.05, 0) is 12.8 Å². The molecule has 0 aromatic carbocycles. The molecule has 68 valence electrons. The average Bonchev–Trinajstić information content (AvgIpc) is 2.17. The van der Waals surface area contributed by atoms with Crippen molar-refractivity contribution in [1.82, 2.24) is 4.90 Å². The molecule has 1 aliphatic heterocycles. The van der Waals surface area contributed by atoms with Crippen LogP contribution in [0.25, 0.3) is 0 Å². The van der Waals surface area contributed by atoms with E-state index in [0.717, 1.165) is 25.9 Å². The van der Waals surface area contributed by atoms with E-state index in [4.69, 9.17) is 0 Å². The molecule has 0 fully saturated rings. The minimum absolute atomic E-state index is 0.191. The topological polar surface area (TPSA) is 20.3 Å². The molecule has 0 saturated heterocycles. The SMILES string of the molecule is CC[C@H](C)C(=O)N1CC=CCC1. The first-order valence-corrected chi connectivity index (χ1v) is 4.69. The van der Waals surface area contributed by atoms with Crippen LogP contribution < -0.4 is 0 Å². The Morgan fingerprint density at radius 2 is 2.33 bits per heavy atom. The maximum absolute atomic E-state index is 11.6. The highest BCUT2D eigenvalue weighted by molar-refractivity contribution is 5.78. The highest BCUT2D eigenvalue weighted by Crippen LogP contribution is 2.09. The van der Waals surface area contributed by atoms with E-state index in [1.165, 1.54) is 0 Å². The van der Waals surface area contributed by atoms with Crippen LogP contribution in [-0.2, 0) is 4.79 Å². The summed E-state index contributed by atoms with van der Waals surface area (Å²) in [5.74, 6) is 0.498. The van der Waals surface area contributed by atoms with Gasteiger partial charge >= 0.3 is 0 Å². The first-order chi connectivity index (χ1) is 5.75. The second kappa shape index (κ2) is 4.29. The van der Waals surface area contributed by atoms with Crippen LogP contribution in [0.1, 0.15) is 26.7 Å². The Balaban J connectivity index is 2.46. The summed E-state index contributed by atoms with van der Waals surface area (Å²) in [5, 5.41) is 0. The third-order valence-electron chi connectivity index (χ3n) is 2.40. The van der Waals surface area contributed by atoms with E-state index in [0.29, 0.717) is 5.91 Å².